The van der Waals surface area contributed by atoms with Gasteiger partial charge in [0.2, 0.25) is 5.91 Å². The monoisotopic (exact) mass is 346 g/mol. The Morgan fingerprint density at radius 3 is 2.38 bits per heavy atom. The van der Waals surface area contributed by atoms with Crippen LogP contribution in [-0.4, -0.2) is 11.7 Å². The number of nitrogens with zero attached hydrogens (tertiary/aromatic N) is 1. The predicted molar refractivity (Wildman–Crippen MR) is 97.6 cm³/mol. The van der Waals surface area contributed by atoms with Gasteiger partial charge < -0.3 is 10.1 Å². The molecule has 0 saturated carbocycles. The number of nitrogens with one attached hydrogen (secondary N) is 1. The van der Waals surface area contributed by atoms with Crippen molar-refractivity contribution < 1.29 is 14.3 Å². The molecule has 26 heavy (non-hydrogen) atoms. The van der Waals surface area contributed by atoms with Crippen LogP contribution in [0.4, 0.5) is 5.69 Å². The predicted octanol–water partition coefficient (Wildman–Crippen LogP) is 4.09. The van der Waals surface area contributed by atoms with E-state index >= 15 is 0 Å². The van der Waals surface area contributed by atoms with E-state index in [-0.39, 0.29) is 11.7 Å². The number of carbonyl (C=O) groups is 2. The van der Waals surface area contributed by atoms with Gasteiger partial charge in [0.25, 0.3) is 0 Å². The van der Waals surface area contributed by atoms with Gasteiger partial charge in [-0.3, -0.25) is 9.59 Å². The van der Waals surface area contributed by atoms with Crippen molar-refractivity contribution in [2.24, 2.45) is 11.8 Å². The van der Waals surface area contributed by atoms with Gasteiger partial charge in [0.1, 0.15) is 5.75 Å². The number of nitriles is 1. The maximum Gasteiger partial charge on any atom is 0.249 e. The van der Waals surface area contributed by atoms with Crippen LogP contribution in [0.1, 0.15) is 12.8 Å². The summed E-state index contributed by atoms with van der Waals surface area (Å²) >= 11 is 0. The maximum absolute atomic E-state index is 12.5. The first-order valence-corrected chi connectivity index (χ1v) is 8.40. The lowest BCUT2D eigenvalue weighted by atomic mass is 9.91. The van der Waals surface area contributed by atoms with E-state index in [1.807, 2.05) is 36.4 Å². The van der Waals surface area contributed by atoms with Crippen LogP contribution in [-0.2, 0) is 9.59 Å². The average Bonchev–Trinajstić information content (AvgIpc) is 3.19. The van der Waals surface area contributed by atoms with Crippen molar-refractivity contribution in [2.75, 3.05) is 5.32 Å². The molecule has 2 aromatic carbocycles. The van der Waals surface area contributed by atoms with Crippen LogP contribution in [0.15, 0.2) is 66.7 Å². The Hall–Kier alpha value is -3.39. The highest BCUT2D eigenvalue weighted by molar-refractivity contribution is 6.10. The van der Waals surface area contributed by atoms with Gasteiger partial charge >= 0.3 is 0 Å². The van der Waals surface area contributed by atoms with Gasteiger partial charge in [-0.1, -0.05) is 42.5 Å². The number of hydrogen-bond acceptors (Lipinski definition) is 4. The number of benzene rings is 2. The summed E-state index contributed by atoms with van der Waals surface area (Å²) in [5.74, 6) is -1.52. The number of amides is 1. The lowest BCUT2D eigenvalue weighted by molar-refractivity contribution is -0.131. The molecule has 0 fully saturated rings. The molecule has 0 spiro atoms. The molecule has 5 heteroatoms. The van der Waals surface area contributed by atoms with Crippen molar-refractivity contribution in [1.29, 1.82) is 5.26 Å². The summed E-state index contributed by atoms with van der Waals surface area (Å²) in [4.78, 5) is 24.9. The zero-order chi connectivity index (χ0) is 18.4. The minimum absolute atomic E-state index is 0.291. The molecule has 0 aromatic heterocycles. The van der Waals surface area contributed by atoms with Crippen molar-refractivity contribution >= 4 is 17.4 Å². The summed E-state index contributed by atoms with van der Waals surface area (Å²) in [5.41, 5.74) is 0.416. The molecule has 0 radical (unpaired) electrons. The molecule has 130 valence electrons. The summed E-state index contributed by atoms with van der Waals surface area (Å²) < 4.78 is 5.79. The van der Waals surface area contributed by atoms with Crippen molar-refractivity contribution in [3.63, 3.8) is 0 Å². The van der Waals surface area contributed by atoms with E-state index in [0.29, 0.717) is 30.0 Å². The van der Waals surface area contributed by atoms with E-state index in [4.69, 9.17) is 4.74 Å². The second-order valence-electron chi connectivity index (χ2n) is 6.00. The smallest absolute Gasteiger partial charge is 0.249 e. The minimum atomic E-state index is -1.33. The number of ether oxygens (including phenoxy) is 1. The first-order chi connectivity index (χ1) is 12.7. The molecular weight excluding hydrogens is 328 g/mol. The van der Waals surface area contributed by atoms with Gasteiger partial charge in [-0.15, -0.1) is 0 Å². The first-order valence-electron chi connectivity index (χ1n) is 8.40. The third-order valence-electron chi connectivity index (χ3n) is 4.20. The molecule has 3 rings (SSSR count). The normalized spacial score (nSPS) is 14.4. The Labute approximate surface area is 151 Å². The molecule has 1 N–H and O–H groups in total. The second kappa shape index (κ2) is 8.13. The molecule has 0 heterocycles. The molecule has 1 aliphatic carbocycles. The third kappa shape index (κ3) is 3.98. The van der Waals surface area contributed by atoms with E-state index in [1.165, 1.54) is 0 Å². The number of Topliss-reactive ketones (excluding diaryl/α,β-unsaturated/α-hetero) is 1. The van der Waals surface area contributed by atoms with Gasteiger partial charge in [0.05, 0.1) is 11.8 Å². The zero-order valence-corrected chi connectivity index (χ0v) is 14.1. The average molecular weight is 346 g/mol. The van der Waals surface area contributed by atoms with E-state index in [2.05, 4.69) is 5.32 Å². The number of allylic oxidation sites excluding steroid dienone is 2. The second-order valence-corrected chi connectivity index (χ2v) is 6.00. The van der Waals surface area contributed by atoms with Gasteiger partial charge in [0.15, 0.2) is 17.5 Å². The summed E-state index contributed by atoms with van der Waals surface area (Å²) in [5, 5.41) is 12.0. The first kappa shape index (κ1) is 17.4. The topological polar surface area (TPSA) is 79.2 Å². The Morgan fingerprint density at radius 1 is 1.04 bits per heavy atom. The molecule has 0 saturated heterocycles. The van der Waals surface area contributed by atoms with Crippen molar-refractivity contribution in [3.8, 4) is 17.6 Å². The summed E-state index contributed by atoms with van der Waals surface area (Å²) in [7, 11) is 0. The fraction of sp³-hybridized carbons (Fsp3) is 0.190. The number of hydrogen-bond donors (Lipinski definition) is 1. The van der Waals surface area contributed by atoms with Gasteiger partial charge in [-0.25, -0.2) is 0 Å². The molecule has 5 nitrogen and oxygen atoms in total. The van der Waals surface area contributed by atoms with Crippen LogP contribution >= 0.6 is 0 Å². The number of ketones is 1. The van der Waals surface area contributed by atoms with Crippen molar-refractivity contribution in [2.45, 2.75) is 12.8 Å². The molecule has 1 amide bonds. The molecule has 0 unspecified atom stereocenters. The highest BCUT2D eigenvalue weighted by atomic mass is 16.5. The van der Waals surface area contributed by atoms with Gasteiger partial charge in [0, 0.05) is 5.92 Å². The Bertz CT molecular complexity index is 860. The molecule has 0 aliphatic heterocycles. The SMILES string of the molecule is N#C[C@H](C(=O)Nc1ccccc1Oc1ccccc1)C(=O)C1CC=CC1. The minimum Gasteiger partial charge on any atom is -0.455 e. The zero-order valence-electron chi connectivity index (χ0n) is 14.1. The van der Waals surface area contributed by atoms with E-state index in [0.717, 1.165) is 0 Å². The fourth-order valence-electron chi connectivity index (χ4n) is 2.82. The Balaban J connectivity index is 1.74. The Kier molecular flexibility index (Phi) is 5.45. The standard InChI is InChI=1S/C21H18N2O3/c22-14-17(20(24)15-8-4-5-9-15)21(25)23-18-12-6-7-13-19(18)26-16-10-2-1-3-11-16/h1-7,10-13,15,17H,8-9H2,(H,23,25)/t17-/m0/s1. The summed E-state index contributed by atoms with van der Waals surface area (Å²) in [6, 6.07) is 17.9. The van der Waals surface area contributed by atoms with Crippen LogP contribution < -0.4 is 10.1 Å². The lowest BCUT2D eigenvalue weighted by Crippen LogP contribution is -2.32. The van der Waals surface area contributed by atoms with Gasteiger partial charge in [-0.2, -0.15) is 5.26 Å². The van der Waals surface area contributed by atoms with Crippen LogP contribution in [0.2, 0.25) is 0 Å². The highest BCUT2D eigenvalue weighted by Crippen LogP contribution is 2.30. The highest BCUT2D eigenvalue weighted by Gasteiger charge is 2.33. The molecule has 1 atom stereocenters. The summed E-state index contributed by atoms with van der Waals surface area (Å²) in [6.45, 7) is 0. The van der Waals surface area contributed by atoms with Crippen LogP contribution in [0.5, 0.6) is 11.5 Å². The lowest BCUT2D eigenvalue weighted by Gasteiger charge is -2.15. The number of carbonyl (C=O) groups excluding carboxylic acids is 2. The molecule has 2 aromatic rings. The summed E-state index contributed by atoms with van der Waals surface area (Å²) in [6.07, 6.45) is 4.96. The fourth-order valence-corrected chi connectivity index (χ4v) is 2.82. The molecule has 1 aliphatic rings. The van der Waals surface area contributed by atoms with Crippen LogP contribution in [0.25, 0.3) is 0 Å². The Morgan fingerprint density at radius 2 is 1.69 bits per heavy atom. The van der Waals surface area contributed by atoms with Crippen LogP contribution in [0.3, 0.4) is 0 Å². The third-order valence-corrected chi connectivity index (χ3v) is 4.20. The van der Waals surface area contributed by atoms with E-state index in [1.54, 1.807) is 36.4 Å². The quantitative estimate of drug-likeness (QED) is 0.631. The number of para-hydroxylation sites is 3. The maximum atomic E-state index is 12.5. The van der Waals surface area contributed by atoms with Crippen LogP contribution in [0, 0.1) is 23.2 Å². The number of rotatable bonds is 6. The number of anilines is 1. The van der Waals surface area contributed by atoms with E-state index in [9.17, 15) is 14.9 Å². The van der Waals surface area contributed by atoms with Crippen molar-refractivity contribution in [1.82, 2.24) is 0 Å². The van der Waals surface area contributed by atoms with Crippen molar-refractivity contribution in [3.05, 3.63) is 66.7 Å². The van der Waals surface area contributed by atoms with Gasteiger partial charge in [-0.05, 0) is 37.1 Å². The molecule has 0 bridgehead atoms. The van der Waals surface area contributed by atoms with E-state index < -0.39 is 11.8 Å². The largest absolute Gasteiger partial charge is 0.455 e. The molecular formula is C21H18N2O3.